The Bertz CT molecular complexity index is 328. The first-order chi connectivity index (χ1) is 6.52. The molecule has 0 saturated heterocycles. The fraction of sp³-hybridized carbons (Fsp3) is 0.400. The number of nitrogen functional groups attached to an aromatic ring is 1. The summed E-state index contributed by atoms with van der Waals surface area (Å²) < 4.78 is 19.2. The summed E-state index contributed by atoms with van der Waals surface area (Å²) in [6.07, 6.45) is 0.0628. The Balaban J connectivity index is 2.89. The lowest BCUT2D eigenvalue weighted by molar-refractivity contribution is 0.0642. The minimum Gasteiger partial charge on any atom is -0.398 e. The summed E-state index contributed by atoms with van der Waals surface area (Å²) >= 11 is 3.10. The van der Waals surface area contributed by atoms with Crippen molar-refractivity contribution < 1.29 is 9.13 Å². The summed E-state index contributed by atoms with van der Waals surface area (Å²) in [7, 11) is 0. The van der Waals surface area contributed by atoms with Crippen molar-refractivity contribution in [3.8, 4) is 0 Å². The lowest BCUT2D eigenvalue weighted by Crippen LogP contribution is -2.06. The topological polar surface area (TPSA) is 35.2 Å². The molecule has 0 saturated carbocycles. The molecule has 2 nitrogen and oxygen atoms in total. The molecule has 1 aromatic rings. The van der Waals surface area contributed by atoms with Crippen molar-refractivity contribution in [2.75, 3.05) is 5.73 Å². The van der Waals surface area contributed by atoms with E-state index in [2.05, 4.69) is 15.9 Å². The normalized spacial score (nSPS) is 10.9. The Morgan fingerprint density at radius 2 is 2.14 bits per heavy atom. The second kappa shape index (κ2) is 4.75. The van der Waals surface area contributed by atoms with Crippen molar-refractivity contribution in [3.63, 3.8) is 0 Å². The third-order valence-corrected chi connectivity index (χ3v) is 2.41. The summed E-state index contributed by atoms with van der Waals surface area (Å²) in [6, 6.07) is 3.25. The van der Waals surface area contributed by atoms with E-state index in [4.69, 9.17) is 10.5 Å². The van der Waals surface area contributed by atoms with Crippen LogP contribution in [0.15, 0.2) is 16.6 Å². The van der Waals surface area contributed by atoms with Gasteiger partial charge in [0.2, 0.25) is 0 Å². The van der Waals surface area contributed by atoms with Gasteiger partial charge >= 0.3 is 0 Å². The zero-order valence-corrected chi connectivity index (χ0v) is 9.77. The molecule has 0 aliphatic carbocycles. The second-order valence-electron chi connectivity index (χ2n) is 3.29. The maximum Gasteiger partial charge on any atom is 0.144 e. The third kappa shape index (κ3) is 2.69. The number of halogens is 2. The second-order valence-corrected chi connectivity index (χ2v) is 4.14. The first kappa shape index (κ1) is 11.5. The lowest BCUT2D eigenvalue weighted by atomic mass is 10.2. The Kier molecular flexibility index (Phi) is 3.89. The predicted octanol–water partition coefficient (Wildman–Crippen LogP) is 3.10. The minimum absolute atomic E-state index is 0.0628. The van der Waals surface area contributed by atoms with Crippen LogP contribution in [-0.2, 0) is 11.3 Å². The van der Waals surface area contributed by atoms with E-state index in [0.29, 0.717) is 15.7 Å². The lowest BCUT2D eigenvalue weighted by Gasteiger charge is -2.11. The molecule has 0 amide bonds. The largest absolute Gasteiger partial charge is 0.398 e. The van der Waals surface area contributed by atoms with Crippen molar-refractivity contribution in [2.45, 2.75) is 26.6 Å². The predicted molar refractivity (Wildman–Crippen MR) is 58.4 cm³/mol. The zero-order chi connectivity index (χ0) is 10.7. The van der Waals surface area contributed by atoms with Crippen LogP contribution in [0.1, 0.15) is 19.4 Å². The van der Waals surface area contributed by atoms with E-state index in [1.165, 1.54) is 0 Å². The van der Waals surface area contributed by atoms with Crippen LogP contribution >= 0.6 is 15.9 Å². The fourth-order valence-corrected chi connectivity index (χ4v) is 1.38. The molecule has 78 valence electrons. The summed E-state index contributed by atoms with van der Waals surface area (Å²) in [5.74, 6) is -0.342. The molecule has 0 unspecified atom stereocenters. The van der Waals surface area contributed by atoms with Gasteiger partial charge in [-0.2, -0.15) is 0 Å². The average Bonchev–Trinajstić information content (AvgIpc) is 2.11. The van der Waals surface area contributed by atoms with Gasteiger partial charge in [-0.25, -0.2) is 4.39 Å². The Hall–Kier alpha value is -0.610. The number of ether oxygens (including phenoxy) is 1. The van der Waals surface area contributed by atoms with E-state index >= 15 is 0 Å². The van der Waals surface area contributed by atoms with Crippen LogP contribution in [0.3, 0.4) is 0 Å². The molecule has 0 radical (unpaired) electrons. The van der Waals surface area contributed by atoms with Crippen molar-refractivity contribution in [3.05, 3.63) is 28.0 Å². The van der Waals surface area contributed by atoms with Gasteiger partial charge in [0.1, 0.15) is 5.82 Å². The maximum atomic E-state index is 13.5. The molecule has 0 atom stereocenters. The highest BCUT2D eigenvalue weighted by Gasteiger charge is 2.10. The summed E-state index contributed by atoms with van der Waals surface area (Å²) in [5.41, 5.74) is 6.47. The van der Waals surface area contributed by atoms with Crippen LogP contribution in [0.2, 0.25) is 0 Å². The van der Waals surface area contributed by atoms with Gasteiger partial charge in [-0.15, -0.1) is 0 Å². The van der Waals surface area contributed by atoms with Crippen LogP contribution in [0.5, 0.6) is 0 Å². The Morgan fingerprint density at radius 3 is 2.71 bits per heavy atom. The summed E-state index contributed by atoms with van der Waals surface area (Å²) in [6.45, 7) is 3.99. The van der Waals surface area contributed by atoms with Gasteiger partial charge in [0.25, 0.3) is 0 Å². The minimum atomic E-state index is -0.342. The monoisotopic (exact) mass is 261 g/mol. The number of benzene rings is 1. The van der Waals surface area contributed by atoms with E-state index in [0.717, 1.165) is 0 Å². The SMILES string of the molecule is CC(C)OCc1c(N)ccc(Br)c1F. The first-order valence-corrected chi connectivity index (χ1v) is 5.15. The Morgan fingerprint density at radius 1 is 1.50 bits per heavy atom. The molecule has 0 fully saturated rings. The molecule has 0 aliphatic rings. The molecule has 0 aliphatic heterocycles. The van der Waals surface area contributed by atoms with Crippen molar-refractivity contribution >= 4 is 21.6 Å². The molecule has 1 rings (SSSR count). The van der Waals surface area contributed by atoms with Crippen LogP contribution in [0.25, 0.3) is 0 Å². The first-order valence-electron chi connectivity index (χ1n) is 4.36. The van der Waals surface area contributed by atoms with Gasteiger partial charge in [-0.1, -0.05) is 0 Å². The molecule has 0 heterocycles. The van der Waals surface area contributed by atoms with Gasteiger partial charge in [-0.05, 0) is 41.9 Å². The van der Waals surface area contributed by atoms with E-state index < -0.39 is 0 Å². The summed E-state index contributed by atoms with van der Waals surface area (Å²) in [4.78, 5) is 0. The zero-order valence-electron chi connectivity index (χ0n) is 8.18. The van der Waals surface area contributed by atoms with Gasteiger partial charge in [0.05, 0.1) is 17.2 Å². The Labute approximate surface area is 91.4 Å². The number of rotatable bonds is 3. The van der Waals surface area contributed by atoms with Gasteiger partial charge in [-0.3, -0.25) is 0 Å². The standard InChI is InChI=1S/C10H13BrFNO/c1-6(2)14-5-7-9(13)4-3-8(11)10(7)12/h3-4,6H,5,13H2,1-2H3. The van der Waals surface area contributed by atoms with E-state index in [1.54, 1.807) is 12.1 Å². The van der Waals surface area contributed by atoms with Crippen LogP contribution in [-0.4, -0.2) is 6.10 Å². The molecular weight excluding hydrogens is 249 g/mol. The molecule has 0 aromatic heterocycles. The van der Waals surface area contributed by atoms with Crippen LogP contribution in [0.4, 0.5) is 10.1 Å². The maximum absolute atomic E-state index is 13.5. The highest BCUT2D eigenvalue weighted by Crippen LogP contribution is 2.24. The number of nitrogens with two attached hydrogens (primary N) is 1. The van der Waals surface area contributed by atoms with Crippen LogP contribution < -0.4 is 5.73 Å². The molecule has 4 heteroatoms. The third-order valence-electron chi connectivity index (χ3n) is 1.79. The van der Waals surface area contributed by atoms with Crippen LogP contribution in [0, 0.1) is 5.82 Å². The van der Waals surface area contributed by atoms with Gasteiger partial charge in [0, 0.05) is 11.3 Å². The van der Waals surface area contributed by atoms with Crippen molar-refractivity contribution in [1.29, 1.82) is 0 Å². The molecule has 1 aromatic carbocycles. The number of anilines is 1. The quantitative estimate of drug-likeness (QED) is 0.849. The number of hydrogen-bond donors (Lipinski definition) is 1. The average molecular weight is 262 g/mol. The van der Waals surface area contributed by atoms with Crippen molar-refractivity contribution in [2.24, 2.45) is 0 Å². The van der Waals surface area contributed by atoms with E-state index in [1.807, 2.05) is 13.8 Å². The van der Waals surface area contributed by atoms with Gasteiger partial charge in [0.15, 0.2) is 0 Å². The molecule has 2 N–H and O–H groups in total. The highest BCUT2D eigenvalue weighted by molar-refractivity contribution is 9.10. The molecular formula is C10H13BrFNO. The highest BCUT2D eigenvalue weighted by atomic mass is 79.9. The summed E-state index contributed by atoms with van der Waals surface area (Å²) in [5, 5.41) is 0. The van der Waals surface area contributed by atoms with Crippen molar-refractivity contribution in [1.82, 2.24) is 0 Å². The van der Waals surface area contributed by atoms with Gasteiger partial charge < -0.3 is 10.5 Å². The molecule has 14 heavy (non-hydrogen) atoms. The van der Waals surface area contributed by atoms with E-state index in [-0.39, 0.29) is 18.5 Å². The fourth-order valence-electron chi connectivity index (χ4n) is 1.00. The molecule has 0 spiro atoms. The smallest absolute Gasteiger partial charge is 0.144 e. The molecule has 0 bridgehead atoms. The number of hydrogen-bond acceptors (Lipinski definition) is 2. The van der Waals surface area contributed by atoms with E-state index in [9.17, 15) is 4.39 Å².